The highest BCUT2D eigenvalue weighted by atomic mass is 16.5. The van der Waals surface area contributed by atoms with Crippen molar-refractivity contribution < 1.29 is 9.53 Å². The lowest BCUT2D eigenvalue weighted by Crippen LogP contribution is -1.92. The first kappa shape index (κ1) is 7.70. The lowest BCUT2D eigenvalue weighted by Gasteiger charge is -1.85. The Morgan fingerprint density at radius 1 is 1.89 bits per heavy atom. The van der Waals surface area contributed by atoms with Crippen molar-refractivity contribution in [2.45, 2.75) is 6.42 Å². The molecule has 0 unspecified atom stereocenters. The van der Waals surface area contributed by atoms with E-state index in [1.165, 1.54) is 19.3 Å². The SMILES string of the molecule is COC(=O)C=CCC#N. The second-order valence-corrected chi connectivity index (χ2v) is 1.29. The average Bonchev–Trinajstić information content (AvgIpc) is 1.89. The van der Waals surface area contributed by atoms with Crippen molar-refractivity contribution in [1.29, 1.82) is 5.26 Å². The summed E-state index contributed by atoms with van der Waals surface area (Å²) in [7, 11) is 1.29. The summed E-state index contributed by atoms with van der Waals surface area (Å²) in [5.41, 5.74) is 0. The van der Waals surface area contributed by atoms with Crippen LogP contribution in [0.4, 0.5) is 0 Å². The molecule has 0 bridgehead atoms. The molecule has 0 fully saturated rings. The van der Waals surface area contributed by atoms with Crippen LogP contribution in [0.1, 0.15) is 6.42 Å². The van der Waals surface area contributed by atoms with Gasteiger partial charge in [-0.2, -0.15) is 5.26 Å². The molecule has 0 saturated heterocycles. The molecule has 0 saturated carbocycles. The van der Waals surface area contributed by atoms with Crippen molar-refractivity contribution in [3.63, 3.8) is 0 Å². The molecule has 0 rings (SSSR count). The number of rotatable bonds is 2. The fourth-order valence-electron chi connectivity index (χ4n) is 0.276. The van der Waals surface area contributed by atoms with Crippen molar-refractivity contribution in [3.8, 4) is 6.07 Å². The Balaban J connectivity index is 3.47. The Morgan fingerprint density at radius 3 is 3.00 bits per heavy atom. The van der Waals surface area contributed by atoms with Crippen molar-refractivity contribution >= 4 is 5.97 Å². The van der Waals surface area contributed by atoms with E-state index in [-0.39, 0.29) is 6.42 Å². The molecule has 0 aromatic rings. The summed E-state index contributed by atoms with van der Waals surface area (Å²) in [6, 6.07) is 1.85. The Morgan fingerprint density at radius 2 is 2.56 bits per heavy atom. The molecule has 0 radical (unpaired) electrons. The number of hydrogen-bond donors (Lipinski definition) is 0. The summed E-state index contributed by atoms with van der Waals surface area (Å²) < 4.78 is 4.26. The largest absolute Gasteiger partial charge is 0.466 e. The van der Waals surface area contributed by atoms with Crippen LogP contribution in [-0.2, 0) is 9.53 Å². The van der Waals surface area contributed by atoms with Crippen molar-refractivity contribution in [2.75, 3.05) is 7.11 Å². The van der Waals surface area contributed by atoms with Gasteiger partial charge in [-0.15, -0.1) is 0 Å². The standard InChI is InChI=1S/C6H7NO2/c1-9-6(8)4-2-3-5-7/h2,4H,3H2,1H3. The number of nitriles is 1. The van der Waals surface area contributed by atoms with E-state index in [2.05, 4.69) is 4.74 Å². The zero-order chi connectivity index (χ0) is 7.11. The molecule has 3 nitrogen and oxygen atoms in total. The Labute approximate surface area is 53.5 Å². The molecule has 0 N–H and O–H groups in total. The highest BCUT2D eigenvalue weighted by Gasteiger charge is 1.86. The van der Waals surface area contributed by atoms with Crippen LogP contribution in [0, 0.1) is 11.3 Å². The number of esters is 1. The molecule has 0 aromatic heterocycles. The maximum absolute atomic E-state index is 10.3. The predicted molar refractivity (Wildman–Crippen MR) is 31.4 cm³/mol. The normalized spacial score (nSPS) is 8.89. The second-order valence-electron chi connectivity index (χ2n) is 1.29. The average molecular weight is 125 g/mol. The molecule has 0 aliphatic carbocycles. The number of allylic oxidation sites excluding steroid dienone is 1. The van der Waals surface area contributed by atoms with E-state index >= 15 is 0 Å². The van der Waals surface area contributed by atoms with Gasteiger partial charge in [0.05, 0.1) is 19.6 Å². The Kier molecular flexibility index (Phi) is 4.15. The zero-order valence-corrected chi connectivity index (χ0v) is 5.13. The lowest BCUT2D eigenvalue weighted by atomic mass is 10.4. The molecule has 3 heteroatoms. The summed E-state index contributed by atoms with van der Waals surface area (Å²) in [6.45, 7) is 0. The van der Waals surface area contributed by atoms with Gasteiger partial charge in [0.2, 0.25) is 0 Å². The highest BCUT2D eigenvalue weighted by molar-refractivity contribution is 5.81. The number of hydrogen-bond acceptors (Lipinski definition) is 3. The molecule has 0 amide bonds. The van der Waals surface area contributed by atoms with E-state index in [1.807, 2.05) is 6.07 Å². The summed E-state index contributed by atoms with van der Waals surface area (Å²) in [5, 5.41) is 8.00. The second kappa shape index (κ2) is 4.85. The van der Waals surface area contributed by atoms with E-state index in [9.17, 15) is 4.79 Å². The summed E-state index contributed by atoms with van der Waals surface area (Å²) in [4.78, 5) is 10.3. The maximum Gasteiger partial charge on any atom is 0.330 e. The molecule has 0 heterocycles. The van der Waals surface area contributed by atoms with Crippen LogP contribution >= 0.6 is 0 Å². The van der Waals surface area contributed by atoms with Crippen LogP contribution < -0.4 is 0 Å². The summed E-state index contributed by atoms with van der Waals surface area (Å²) >= 11 is 0. The molecule has 0 atom stereocenters. The first-order chi connectivity index (χ1) is 4.31. The van der Waals surface area contributed by atoms with Crippen LogP contribution in [0.5, 0.6) is 0 Å². The molecule has 0 aliphatic heterocycles. The topological polar surface area (TPSA) is 50.1 Å². The van der Waals surface area contributed by atoms with Gasteiger partial charge in [-0.05, 0) is 0 Å². The molecule has 0 spiro atoms. The van der Waals surface area contributed by atoms with E-state index < -0.39 is 5.97 Å². The van der Waals surface area contributed by atoms with Gasteiger partial charge in [-0.1, -0.05) is 6.08 Å². The van der Waals surface area contributed by atoms with Crippen molar-refractivity contribution in [2.24, 2.45) is 0 Å². The third-order valence-electron chi connectivity index (χ3n) is 0.664. The summed E-state index contributed by atoms with van der Waals surface area (Å²) in [5.74, 6) is -0.426. The number of methoxy groups -OCH3 is 1. The highest BCUT2D eigenvalue weighted by Crippen LogP contribution is 1.81. The van der Waals surface area contributed by atoms with Crippen molar-refractivity contribution in [3.05, 3.63) is 12.2 Å². The van der Waals surface area contributed by atoms with Gasteiger partial charge in [0.25, 0.3) is 0 Å². The third-order valence-corrected chi connectivity index (χ3v) is 0.664. The summed E-state index contributed by atoms with van der Waals surface area (Å²) in [6.07, 6.45) is 2.92. The van der Waals surface area contributed by atoms with Crippen LogP contribution in [0.2, 0.25) is 0 Å². The van der Waals surface area contributed by atoms with Crippen LogP contribution in [0.15, 0.2) is 12.2 Å². The molecule has 48 valence electrons. The first-order valence-corrected chi connectivity index (χ1v) is 2.42. The van der Waals surface area contributed by atoms with Gasteiger partial charge in [-0.3, -0.25) is 0 Å². The fourth-order valence-corrected chi connectivity index (χ4v) is 0.276. The molecular formula is C6H7NO2. The maximum atomic E-state index is 10.3. The number of nitrogens with zero attached hydrogens (tertiary/aromatic N) is 1. The molecule has 9 heavy (non-hydrogen) atoms. The lowest BCUT2D eigenvalue weighted by molar-refractivity contribution is -0.134. The van der Waals surface area contributed by atoms with Gasteiger partial charge < -0.3 is 4.74 Å². The number of ether oxygens (including phenoxy) is 1. The van der Waals surface area contributed by atoms with Crippen LogP contribution in [0.3, 0.4) is 0 Å². The van der Waals surface area contributed by atoms with Gasteiger partial charge >= 0.3 is 5.97 Å². The Bertz CT molecular complexity index is 155. The van der Waals surface area contributed by atoms with E-state index in [1.54, 1.807) is 0 Å². The minimum atomic E-state index is -0.426. The van der Waals surface area contributed by atoms with Gasteiger partial charge in [0.15, 0.2) is 0 Å². The zero-order valence-electron chi connectivity index (χ0n) is 5.13. The van der Waals surface area contributed by atoms with Crippen LogP contribution in [-0.4, -0.2) is 13.1 Å². The van der Waals surface area contributed by atoms with E-state index in [0.717, 1.165) is 0 Å². The van der Waals surface area contributed by atoms with Gasteiger partial charge in [-0.25, -0.2) is 4.79 Å². The van der Waals surface area contributed by atoms with E-state index in [4.69, 9.17) is 5.26 Å². The first-order valence-electron chi connectivity index (χ1n) is 2.42. The molecule has 0 aliphatic rings. The number of carbonyl (C=O) groups is 1. The van der Waals surface area contributed by atoms with Crippen molar-refractivity contribution in [1.82, 2.24) is 0 Å². The third kappa shape index (κ3) is 4.56. The number of carbonyl (C=O) groups excluding carboxylic acids is 1. The van der Waals surface area contributed by atoms with Gasteiger partial charge in [0.1, 0.15) is 0 Å². The van der Waals surface area contributed by atoms with Crippen LogP contribution in [0.25, 0.3) is 0 Å². The minimum Gasteiger partial charge on any atom is -0.466 e. The quantitative estimate of drug-likeness (QED) is 0.401. The smallest absolute Gasteiger partial charge is 0.330 e. The fraction of sp³-hybridized carbons (Fsp3) is 0.333. The van der Waals surface area contributed by atoms with E-state index in [0.29, 0.717) is 0 Å². The predicted octanol–water partition coefficient (Wildman–Crippen LogP) is 0.629. The van der Waals surface area contributed by atoms with Gasteiger partial charge in [0, 0.05) is 6.08 Å². The Hall–Kier alpha value is -1.30. The molecule has 0 aromatic carbocycles. The molecular weight excluding hydrogens is 118 g/mol. The monoisotopic (exact) mass is 125 g/mol. The minimum absolute atomic E-state index is 0.245.